The second-order valence-corrected chi connectivity index (χ2v) is 12.5. The normalized spacial score (nSPS) is 18.4. The van der Waals surface area contributed by atoms with Crippen molar-refractivity contribution in [3.05, 3.63) is 96.1 Å². The fourth-order valence-electron chi connectivity index (χ4n) is 6.15. The van der Waals surface area contributed by atoms with Crippen LogP contribution in [0.25, 0.3) is 10.9 Å². The molecule has 2 aromatic carbocycles. The molecule has 0 spiro atoms. The molecule has 2 fully saturated rings. The summed E-state index contributed by atoms with van der Waals surface area (Å²) < 4.78 is 0. The summed E-state index contributed by atoms with van der Waals surface area (Å²) >= 11 is 0. The van der Waals surface area contributed by atoms with E-state index in [1.807, 2.05) is 0 Å². The van der Waals surface area contributed by atoms with Gasteiger partial charge in [0.1, 0.15) is 0 Å². The maximum absolute atomic E-state index is 2.42. The van der Waals surface area contributed by atoms with Gasteiger partial charge in [-0.05, 0) is 59.0 Å². The first-order chi connectivity index (χ1) is 15.9. The molecule has 6 heteroatoms. The van der Waals surface area contributed by atoms with Crippen molar-refractivity contribution < 1.29 is 75.8 Å². The van der Waals surface area contributed by atoms with E-state index in [4.69, 9.17) is 0 Å². The second-order valence-electron chi connectivity index (χ2n) is 9.78. The monoisotopic (exact) mass is 670 g/mol. The Balaban J connectivity index is 0.00000259. The molecule has 0 N–H and O–H groups in total. The summed E-state index contributed by atoms with van der Waals surface area (Å²) in [6.07, 6.45) is 23.7. The van der Waals surface area contributed by atoms with E-state index in [-0.39, 0.29) is 83.8 Å². The summed E-state index contributed by atoms with van der Waals surface area (Å²) in [4.78, 5) is 0. The summed E-state index contributed by atoms with van der Waals surface area (Å²) in [5.74, 6) is 0.393. The van der Waals surface area contributed by atoms with E-state index in [9.17, 15) is 0 Å². The van der Waals surface area contributed by atoms with Crippen LogP contribution < -0.4 is 49.6 Å². The van der Waals surface area contributed by atoms with E-state index in [1.165, 1.54) is 75.3 Å². The van der Waals surface area contributed by atoms with Crippen molar-refractivity contribution in [3.8, 4) is 0 Å². The van der Waals surface area contributed by atoms with Crippen LogP contribution in [0, 0.1) is 5.92 Å². The summed E-state index contributed by atoms with van der Waals surface area (Å²) in [5, 5.41) is 1.73. The van der Waals surface area contributed by atoms with Gasteiger partial charge in [0.15, 0.2) is 0 Å². The van der Waals surface area contributed by atoms with Gasteiger partial charge in [0.25, 0.3) is 0 Å². The molecule has 3 aliphatic rings. The van der Waals surface area contributed by atoms with Crippen molar-refractivity contribution in [2.24, 2.45) is 5.92 Å². The van der Waals surface area contributed by atoms with E-state index in [1.54, 1.807) is 10.9 Å². The van der Waals surface area contributed by atoms with Crippen LogP contribution in [-0.4, -0.2) is 11.3 Å². The Morgan fingerprint density at radius 3 is 1.38 bits per heavy atom. The van der Waals surface area contributed by atoms with Crippen molar-refractivity contribution in [2.45, 2.75) is 75.5 Å². The minimum Gasteiger partial charge on any atom is -1.00 e. The van der Waals surface area contributed by atoms with Gasteiger partial charge in [0.2, 0.25) is 0 Å². The van der Waals surface area contributed by atoms with Gasteiger partial charge < -0.3 is 49.6 Å². The predicted octanol–water partition coefficient (Wildman–Crippen LogP) is -2.54. The van der Waals surface area contributed by atoms with Gasteiger partial charge in [0, 0.05) is 5.92 Å². The van der Waals surface area contributed by atoms with Gasteiger partial charge in [0.05, 0.1) is 0 Å². The number of rotatable bonds is 6. The predicted molar refractivity (Wildman–Crippen MR) is 142 cm³/mol. The van der Waals surface area contributed by atoms with Gasteiger partial charge >= 0.3 is 26.2 Å². The smallest absolute Gasteiger partial charge is 1.00 e. The van der Waals surface area contributed by atoms with Crippen molar-refractivity contribution in [1.29, 1.82) is 0 Å². The van der Waals surface area contributed by atoms with Crippen molar-refractivity contribution >= 4 is 18.8 Å². The van der Waals surface area contributed by atoms with Crippen LogP contribution in [0.15, 0.2) is 85.0 Å². The summed E-state index contributed by atoms with van der Waals surface area (Å²) in [6, 6.07) is 22.8. The molecule has 2 aromatic rings. The molecule has 0 heterocycles. The molecule has 37 heavy (non-hydrogen) atoms. The van der Waals surface area contributed by atoms with E-state index < -0.39 is 0 Å². The van der Waals surface area contributed by atoms with Crippen LogP contribution in [0.2, 0.25) is 0 Å². The largest absolute Gasteiger partial charge is 4.00 e. The average Bonchev–Trinajstić information content (AvgIpc) is 3.41. The third-order valence-corrected chi connectivity index (χ3v) is 11.3. The van der Waals surface area contributed by atoms with Gasteiger partial charge in [-0.15, -0.1) is 0 Å². The molecule has 0 radical (unpaired) electrons. The molecule has 198 valence electrons. The van der Waals surface area contributed by atoms with E-state index >= 15 is 0 Å². The number of halogens is 4. The van der Waals surface area contributed by atoms with Gasteiger partial charge in [-0.1, -0.05) is 131 Å². The number of hydrogen-bond donors (Lipinski definition) is 0. The average molecular weight is 674 g/mol. The maximum atomic E-state index is 2.42. The van der Waals surface area contributed by atoms with Crippen molar-refractivity contribution in [1.82, 2.24) is 0 Å². The van der Waals surface area contributed by atoms with Crippen LogP contribution in [-0.2, 0) is 26.2 Å². The third kappa shape index (κ3) is 9.34. The summed E-state index contributed by atoms with van der Waals surface area (Å²) in [7, 11) is -0.204. The molecule has 0 nitrogen and oxygen atoms in total. The standard InChI is InChI=1S/C31H37P.4ClH.Zr/c1-5-15-25(16-6-1)30(26-17-13-14-18-26)31(27-19-7-2-8-20-27)32(28-21-9-3-10-22-28)29-23-11-4-12-24-29;;;;;/h1-2,5-8,13-20,26,28-29H,3-4,9-12,21-24H2;4*1H;/q;;;;;+4/p-4. The summed E-state index contributed by atoms with van der Waals surface area (Å²) in [6.45, 7) is 0. The van der Waals surface area contributed by atoms with Crippen LogP contribution >= 0.6 is 7.92 Å². The Hall–Kier alpha value is 0.133. The van der Waals surface area contributed by atoms with Crippen LogP contribution in [0.1, 0.15) is 75.3 Å². The van der Waals surface area contributed by atoms with Crippen LogP contribution in [0.5, 0.6) is 0 Å². The topological polar surface area (TPSA) is 0 Å². The van der Waals surface area contributed by atoms with Crippen molar-refractivity contribution in [3.63, 3.8) is 0 Å². The molecule has 3 aliphatic carbocycles. The zero-order valence-corrected chi connectivity index (χ0v) is 27.7. The zero-order chi connectivity index (χ0) is 21.6. The Bertz CT molecular complexity index is 935. The Kier molecular flexibility index (Phi) is 19.3. The van der Waals surface area contributed by atoms with E-state index in [0.29, 0.717) is 5.92 Å². The van der Waals surface area contributed by atoms with Gasteiger partial charge in [-0.2, -0.15) is 0 Å². The number of hydrogen-bond acceptors (Lipinski definition) is 0. The molecule has 0 unspecified atom stereocenters. The molecule has 5 rings (SSSR count). The van der Waals surface area contributed by atoms with Crippen molar-refractivity contribution in [2.75, 3.05) is 0 Å². The van der Waals surface area contributed by atoms with Crippen LogP contribution in [0.4, 0.5) is 0 Å². The molecule has 0 aromatic heterocycles. The van der Waals surface area contributed by atoms with Crippen LogP contribution in [0.3, 0.4) is 0 Å². The van der Waals surface area contributed by atoms with E-state index in [2.05, 4.69) is 85.0 Å². The fraction of sp³-hybridized carbons (Fsp3) is 0.419. The van der Waals surface area contributed by atoms with Gasteiger partial charge in [-0.25, -0.2) is 0 Å². The quantitative estimate of drug-likeness (QED) is 0.235. The molecular weight excluding hydrogens is 636 g/mol. The summed E-state index contributed by atoms with van der Waals surface area (Å²) in [5.41, 5.74) is 6.29. The minimum atomic E-state index is -0.204. The molecule has 0 saturated heterocycles. The second kappa shape index (κ2) is 19.3. The number of allylic oxidation sites excluding steroid dienone is 5. The number of benzene rings is 2. The minimum absolute atomic E-state index is 0. The SMILES string of the molecule is C1=CC(C(=C(c2ccccc2)P(C2CCCCC2)C2CCCCC2)c2ccccc2)C=C1.[Cl-].[Cl-].[Cl-].[Cl-].[Zr+4]. The Morgan fingerprint density at radius 2 is 0.946 bits per heavy atom. The first-order valence-electron chi connectivity index (χ1n) is 12.9. The molecular formula is C31H37Cl4PZr. The maximum Gasteiger partial charge on any atom is 4.00 e. The zero-order valence-electron chi connectivity index (χ0n) is 21.3. The molecule has 0 atom stereocenters. The van der Waals surface area contributed by atoms with E-state index in [0.717, 1.165) is 11.3 Å². The first-order valence-corrected chi connectivity index (χ1v) is 14.4. The molecule has 2 saturated carbocycles. The Morgan fingerprint density at radius 1 is 0.541 bits per heavy atom. The molecule has 0 amide bonds. The third-order valence-electron chi connectivity index (χ3n) is 7.66. The van der Waals surface area contributed by atoms with Gasteiger partial charge in [-0.3, -0.25) is 0 Å². The first kappa shape index (κ1) is 37.1. The molecule has 0 bridgehead atoms. The molecule has 0 aliphatic heterocycles. The fourth-order valence-corrected chi connectivity index (χ4v) is 10.3. The Labute approximate surface area is 270 Å².